The highest BCUT2D eigenvalue weighted by Crippen LogP contribution is 2.22. The maximum atomic E-state index is 12.8. The maximum Gasteiger partial charge on any atom is 0.338 e. The van der Waals surface area contributed by atoms with Gasteiger partial charge >= 0.3 is 5.97 Å². The highest BCUT2D eigenvalue weighted by atomic mass is 35.5. The van der Waals surface area contributed by atoms with E-state index in [0.29, 0.717) is 5.56 Å². The molecule has 0 saturated carbocycles. The number of esters is 1. The van der Waals surface area contributed by atoms with Gasteiger partial charge in [0.05, 0.1) is 17.7 Å². The minimum Gasteiger partial charge on any atom is -0.465 e. The molecule has 70 valence electrons. The van der Waals surface area contributed by atoms with E-state index in [1.165, 1.54) is 13.2 Å². The Morgan fingerprint density at radius 3 is 2.69 bits per heavy atom. The number of carbonyl (C=O) groups is 1. The van der Waals surface area contributed by atoms with Crippen LogP contribution < -0.4 is 0 Å². The fourth-order valence-corrected chi connectivity index (χ4v) is 1.15. The van der Waals surface area contributed by atoms with Crippen molar-refractivity contribution in [2.45, 2.75) is 6.92 Å². The molecule has 0 aliphatic heterocycles. The normalized spacial score (nSPS) is 9.85. The van der Waals surface area contributed by atoms with Crippen molar-refractivity contribution in [1.82, 2.24) is 0 Å². The molecule has 0 saturated heterocycles. The Kier molecular flexibility index (Phi) is 2.88. The van der Waals surface area contributed by atoms with E-state index < -0.39 is 11.8 Å². The molecule has 0 spiro atoms. The first kappa shape index (κ1) is 9.99. The number of ether oxygens (including phenoxy) is 1. The first-order valence-corrected chi connectivity index (χ1v) is 3.98. The molecular weight excluding hydrogens is 195 g/mol. The van der Waals surface area contributed by atoms with Crippen molar-refractivity contribution in [2.75, 3.05) is 7.11 Å². The fourth-order valence-electron chi connectivity index (χ4n) is 0.983. The second-order valence-corrected chi connectivity index (χ2v) is 2.90. The Morgan fingerprint density at radius 1 is 1.54 bits per heavy atom. The maximum absolute atomic E-state index is 12.8. The smallest absolute Gasteiger partial charge is 0.338 e. The molecule has 4 heteroatoms. The number of methoxy groups -OCH3 is 1. The fraction of sp³-hybridized carbons (Fsp3) is 0.222. The summed E-state index contributed by atoms with van der Waals surface area (Å²) in [6.07, 6.45) is 0. The first-order valence-electron chi connectivity index (χ1n) is 3.61. The number of benzene rings is 1. The van der Waals surface area contributed by atoms with Crippen molar-refractivity contribution in [3.05, 3.63) is 34.1 Å². The van der Waals surface area contributed by atoms with Gasteiger partial charge in [-0.25, -0.2) is 9.18 Å². The van der Waals surface area contributed by atoms with Gasteiger partial charge in [-0.1, -0.05) is 11.6 Å². The molecule has 0 unspecified atom stereocenters. The van der Waals surface area contributed by atoms with E-state index in [9.17, 15) is 9.18 Å². The van der Waals surface area contributed by atoms with Gasteiger partial charge in [-0.15, -0.1) is 0 Å². The van der Waals surface area contributed by atoms with Gasteiger partial charge in [-0.05, 0) is 24.6 Å². The van der Waals surface area contributed by atoms with E-state index in [2.05, 4.69) is 4.74 Å². The molecule has 13 heavy (non-hydrogen) atoms. The van der Waals surface area contributed by atoms with Gasteiger partial charge in [-0.3, -0.25) is 0 Å². The predicted molar refractivity (Wildman–Crippen MR) is 47.5 cm³/mol. The molecule has 1 rings (SSSR count). The molecule has 0 radical (unpaired) electrons. The third kappa shape index (κ3) is 1.80. The lowest BCUT2D eigenvalue weighted by Gasteiger charge is -2.05. The Balaban J connectivity index is 3.26. The summed E-state index contributed by atoms with van der Waals surface area (Å²) in [7, 11) is 1.26. The molecule has 1 aromatic carbocycles. The summed E-state index contributed by atoms with van der Waals surface area (Å²) < 4.78 is 17.3. The van der Waals surface area contributed by atoms with Gasteiger partial charge in [0, 0.05) is 0 Å². The van der Waals surface area contributed by atoms with Crippen LogP contribution in [0.1, 0.15) is 15.9 Å². The van der Waals surface area contributed by atoms with Crippen LogP contribution in [0.5, 0.6) is 0 Å². The number of halogens is 2. The van der Waals surface area contributed by atoms with Crippen LogP contribution in [-0.4, -0.2) is 13.1 Å². The highest BCUT2D eigenvalue weighted by molar-refractivity contribution is 6.32. The summed E-state index contributed by atoms with van der Waals surface area (Å²) in [5.41, 5.74) is 0.683. The van der Waals surface area contributed by atoms with E-state index in [1.807, 2.05) is 0 Å². The number of hydrogen-bond donors (Lipinski definition) is 0. The van der Waals surface area contributed by atoms with Crippen molar-refractivity contribution < 1.29 is 13.9 Å². The van der Waals surface area contributed by atoms with Gasteiger partial charge in [0.2, 0.25) is 0 Å². The van der Waals surface area contributed by atoms with Crippen LogP contribution in [0.25, 0.3) is 0 Å². The molecule has 0 atom stereocenters. The molecule has 0 aliphatic rings. The van der Waals surface area contributed by atoms with E-state index in [1.54, 1.807) is 6.92 Å². The lowest BCUT2D eigenvalue weighted by atomic mass is 10.1. The van der Waals surface area contributed by atoms with E-state index in [-0.39, 0.29) is 10.6 Å². The van der Waals surface area contributed by atoms with Crippen LogP contribution in [0.2, 0.25) is 5.02 Å². The number of carbonyl (C=O) groups excluding carboxylic acids is 1. The third-order valence-corrected chi connectivity index (χ3v) is 2.21. The average Bonchev–Trinajstić information content (AvgIpc) is 2.13. The Hall–Kier alpha value is -1.09. The summed E-state index contributed by atoms with van der Waals surface area (Å²) in [6.45, 7) is 1.57. The lowest BCUT2D eigenvalue weighted by Crippen LogP contribution is -2.04. The van der Waals surface area contributed by atoms with Crippen molar-refractivity contribution in [1.29, 1.82) is 0 Å². The average molecular weight is 203 g/mol. The van der Waals surface area contributed by atoms with Gasteiger partial charge in [0.25, 0.3) is 0 Å². The minimum absolute atomic E-state index is 0.0390. The molecule has 2 nitrogen and oxygen atoms in total. The summed E-state index contributed by atoms with van der Waals surface area (Å²) in [5.74, 6) is -1.05. The van der Waals surface area contributed by atoms with Crippen molar-refractivity contribution in [3.63, 3.8) is 0 Å². The van der Waals surface area contributed by atoms with Crippen LogP contribution >= 0.6 is 11.6 Å². The summed E-state index contributed by atoms with van der Waals surface area (Å²) in [6, 6.07) is 2.49. The summed E-state index contributed by atoms with van der Waals surface area (Å²) >= 11 is 5.60. The van der Waals surface area contributed by atoms with Crippen LogP contribution in [-0.2, 0) is 4.74 Å². The van der Waals surface area contributed by atoms with Gasteiger partial charge in [-0.2, -0.15) is 0 Å². The van der Waals surface area contributed by atoms with Gasteiger partial charge in [0.15, 0.2) is 0 Å². The summed E-state index contributed by atoms with van der Waals surface area (Å²) in [5, 5.41) is -0.0390. The van der Waals surface area contributed by atoms with Crippen LogP contribution in [0.3, 0.4) is 0 Å². The molecule has 0 heterocycles. The Labute approximate surface area is 80.3 Å². The molecule has 0 aromatic heterocycles. The van der Waals surface area contributed by atoms with E-state index >= 15 is 0 Å². The minimum atomic E-state index is -0.535. The van der Waals surface area contributed by atoms with Gasteiger partial charge in [0.1, 0.15) is 5.82 Å². The molecule has 0 amide bonds. The lowest BCUT2D eigenvalue weighted by molar-refractivity contribution is 0.0600. The Bertz CT molecular complexity index is 350. The zero-order chi connectivity index (χ0) is 10.0. The molecule has 0 fully saturated rings. The predicted octanol–water partition coefficient (Wildman–Crippen LogP) is 2.57. The topological polar surface area (TPSA) is 26.3 Å². The molecule has 0 N–H and O–H groups in total. The monoisotopic (exact) mass is 202 g/mol. The first-order chi connectivity index (χ1) is 6.07. The van der Waals surface area contributed by atoms with Crippen molar-refractivity contribution >= 4 is 17.6 Å². The number of rotatable bonds is 1. The van der Waals surface area contributed by atoms with Gasteiger partial charge < -0.3 is 4.74 Å². The zero-order valence-electron chi connectivity index (χ0n) is 7.23. The van der Waals surface area contributed by atoms with E-state index in [4.69, 9.17) is 11.6 Å². The Morgan fingerprint density at radius 2 is 2.15 bits per heavy atom. The molecular formula is C9H8ClFO2. The van der Waals surface area contributed by atoms with Crippen LogP contribution in [0.4, 0.5) is 4.39 Å². The van der Waals surface area contributed by atoms with Crippen molar-refractivity contribution in [2.24, 2.45) is 0 Å². The second kappa shape index (κ2) is 3.75. The molecule has 1 aromatic rings. The van der Waals surface area contributed by atoms with E-state index in [0.717, 1.165) is 6.07 Å². The standard InChI is InChI=1S/C9H8ClFO2/c1-5-6(9(12)13-2)3-4-7(11)8(5)10/h3-4H,1-2H3. The molecule has 0 aliphatic carbocycles. The summed E-state index contributed by atoms with van der Waals surface area (Å²) in [4.78, 5) is 11.1. The molecule has 0 bridgehead atoms. The third-order valence-electron chi connectivity index (χ3n) is 1.74. The van der Waals surface area contributed by atoms with Crippen LogP contribution in [0.15, 0.2) is 12.1 Å². The van der Waals surface area contributed by atoms with Crippen LogP contribution in [0, 0.1) is 12.7 Å². The largest absolute Gasteiger partial charge is 0.465 e. The quantitative estimate of drug-likeness (QED) is 0.655. The zero-order valence-corrected chi connectivity index (χ0v) is 7.98. The van der Waals surface area contributed by atoms with Crippen molar-refractivity contribution in [3.8, 4) is 0 Å². The second-order valence-electron chi connectivity index (χ2n) is 2.53. The highest BCUT2D eigenvalue weighted by Gasteiger charge is 2.13. The number of hydrogen-bond acceptors (Lipinski definition) is 2. The SMILES string of the molecule is COC(=O)c1ccc(F)c(Cl)c1C.